The van der Waals surface area contributed by atoms with Gasteiger partial charge < -0.3 is 10.2 Å². The summed E-state index contributed by atoms with van der Waals surface area (Å²) in [5.41, 5.74) is 1.71. The van der Waals surface area contributed by atoms with Gasteiger partial charge >= 0.3 is 0 Å². The normalized spacial score (nSPS) is 11.8. The topological polar surface area (TPSA) is 40.5 Å². The summed E-state index contributed by atoms with van der Waals surface area (Å²) in [4.78, 5) is 0.998. The van der Waals surface area contributed by atoms with Crippen LogP contribution in [0.4, 0.5) is 0 Å². The van der Waals surface area contributed by atoms with Crippen molar-refractivity contribution in [2.24, 2.45) is 0 Å². The lowest BCUT2D eigenvalue weighted by Gasteiger charge is -2.22. The van der Waals surface area contributed by atoms with Crippen LogP contribution in [0.5, 0.6) is 5.75 Å². The van der Waals surface area contributed by atoms with Crippen molar-refractivity contribution in [1.29, 1.82) is 0 Å². The first-order valence-electron chi connectivity index (χ1n) is 4.94. The number of phenolic OH excluding ortho intramolecular Hbond substituents is 1. The van der Waals surface area contributed by atoms with Crippen LogP contribution in [0.1, 0.15) is 31.9 Å². The van der Waals surface area contributed by atoms with Gasteiger partial charge in [-0.3, -0.25) is 0 Å². The monoisotopic (exact) mass is 226 g/mol. The number of thioether (sulfide) groups is 1. The van der Waals surface area contributed by atoms with Crippen LogP contribution in [-0.4, -0.2) is 16.2 Å². The molecular weight excluding hydrogens is 208 g/mol. The first-order chi connectivity index (χ1) is 6.86. The summed E-state index contributed by atoms with van der Waals surface area (Å²) in [5, 5.41) is 18.8. The molecule has 0 bridgehead atoms. The zero-order valence-electron chi connectivity index (χ0n) is 9.66. The van der Waals surface area contributed by atoms with Crippen molar-refractivity contribution in [3.63, 3.8) is 0 Å². The van der Waals surface area contributed by atoms with Crippen LogP contribution in [0.2, 0.25) is 0 Å². The van der Waals surface area contributed by atoms with E-state index in [1.807, 2.05) is 19.1 Å². The lowest BCUT2D eigenvalue weighted by molar-refractivity contribution is 0.375. The molecule has 0 aliphatic carbocycles. The van der Waals surface area contributed by atoms with E-state index in [2.05, 4.69) is 20.8 Å². The number of aliphatic hydroxyl groups excluding tert-OH is 1. The highest BCUT2D eigenvalue weighted by Gasteiger charge is 2.20. The van der Waals surface area contributed by atoms with Crippen molar-refractivity contribution < 1.29 is 10.2 Å². The Morgan fingerprint density at radius 3 is 2.33 bits per heavy atom. The molecule has 0 aliphatic rings. The van der Waals surface area contributed by atoms with Crippen molar-refractivity contribution in [2.75, 3.05) is 5.94 Å². The fourth-order valence-corrected chi connectivity index (χ4v) is 2.09. The van der Waals surface area contributed by atoms with E-state index in [4.69, 9.17) is 5.11 Å². The van der Waals surface area contributed by atoms with Gasteiger partial charge in [0.25, 0.3) is 0 Å². The minimum Gasteiger partial charge on any atom is -0.507 e. The lowest BCUT2D eigenvalue weighted by atomic mass is 9.85. The highest BCUT2D eigenvalue weighted by molar-refractivity contribution is 7.99. The van der Waals surface area contributed by atoms with Gasteiger partial charge in [-0.25, -0.2) is 0 Å². The van der Waals surface area contributed by atoms with Gasteiger partial charge in [-0.05, 0) is 30.0 Å². The van der Waals surface area contributed by atoms with Crippen LogP contribution in [0.15, 0.2) is 17.0 Å². The van der Waals surface area contributed by atoms with Gasteiger partial charge in [-0.1, -0.05) is 32.5 Å². The van der Waals surface area contributed by atoms with Crippen molar-refractivity contribution in [3.05, 3.63) is 23.3 Å². The van der Waals surface area contributed by atoms with E-state index < -0.39 is 0 Å². The second kappa shape index (κ2) is 4.45. The minimum absolute atomic E-state index is 0.0633. The first kappa shape index (κ1) is 12.4. The third-order valence-corrected chi connectivity index (χ3v) is 3.01. The van der Waals surface area contributed by atoms with E-state index in [-0.39, 0.29) is 11.4 Å². The Labute approximate surface area is 95.3 Å². The molecule has 0 unspecified atom stereocenters. The summed E-state index contributed by atoms with van der Waals surface area (Å²) >= 11 is 1.37. The maximum atomic E-state index is 9.95. The van der Waals surface area contributed by atoms with Crippen LogP contribution >= 0.6 is 11.8 Å². The smallest absolute Gasteiger partial charge is 0.122 e. The predicted molar refractivity (Wildman–Crippen MR) is 64.5 cm³/mol. The molecule has 15 heavy (non-hydrogen) atoms. The number of hydrogen-bond donors (Lipinski definition) is 2. The summed E-state index contributed by atoms with van der Waals surface area (Å²) < 4.78 is 0. The number of hydrogen-bond acceptors (Lipinski definition) is 3. The van der Waals surface area contributed by atoms with Gasteiger partial charge in [0.15, 0.2) is 0 Å². The Hall–Kier alpha value is -0.670. The SMILES string of the molecule is Cc1cc(SCO)cc(C(C)(C)C)c1O. The average molecular weight is 226 g/mol. The predicted octanol–water partition coefficient (Wildman–Crippen LogP) is 3.04. The minimum atomic E-state index is -0.0825. The summed E-state index contributed by atoms with van der Waals surface area (Å²) in [6.07, 6.45) is 0. The molecule has 2 nitrogen and oxygen atoms in total. The van der Waals surface area contributed by atoms with E-state index in [9.17, 15) is 5.11 Å². The molecule has 3 heteroatoms. The van der Waals surface area contributed by atoms with Crippen LogP contribution in [0.3, 0.4) is 0 Å². The fourth-order valence-electron chi connectivity index (χ4n) is 1.48. The Morgan fingerprint density at radius 2 is 1.87 bits per heavy atom. The van der Waals surface area contributed by atoms with Crippen LogP contribution in [0, 0.1) is 6.92 Å². The van der Waals surface area contributed by atoms with Gasteiger partial charge in [0.05, 0.1) is 5.94 Å². The maximum absolute atomic E-state index is 9.95. The van der Waals surface area contributed by atoms with E-state index >= 15 is 0 Å². The first-order valence-corrected chi connectivity index (χ1v) is 5.92. The molecule has 0 spiro atoms. The molecule has 1 aromatic rings. The molecule has 1 aromatic carbocycles. The summed E-state index contributed by atoms with van der Waals surface area (Å²) in [6.45, 7) is 8.07. The van der Waals surface area contributed by atoms with Crippen LogP contribution < -0.4 is 0 Å². The molecule has 0 saturated carbocycles. The molecule has 0 amide bonds. The zero-order chi connectivity index (χ0) is 11.6. The molecule has 0 aromatic heterocycles. The number of rotatable bonds is 2. The zero-order valence-corrected chi connectivity index (χ0v) is 10.5. The van der Waals surface area contributed by atoms with Gasteiger partial charge in [-0.15, -0.1) is 0 Å². The number of aromatic hydroxyl groups is 1. The Kier molecular flexibility index (Phi) is 3.68. The van der Waals surface area contributed by atoms with E-state index in [1.165, 1.54) is 11.8 Å². The largest absolute Gasteiger partial charge is 0.507 e. The van der Waals surface area contributed by atoms with E-state index in [1.54, 1.807) is 0 Å². The van der Waals surface area contributed by atoms with Crippen LogP contribution in [0.25, 0.3) is 0 Å². The van der Waals surface area contributed by atoms with Crippen molar-refractivity contribution in [1.82, 2.24) is 0 Å². The third kappa shape index (κ3) is 2.89. The second-order valence-corrected chi connectivity index (χ2v) is 5.68. The summed E-state index contributed by atoms with van der Waals surface area (Å²) in [5.74, 6) is 0.429. The van der Waals surface area contributed by atoms with Crippen LogP contribution in [-0.2, 0) is 5.41 Å². The summed E-state index contributed by atoms with van der Waals surface area (Å²) in [7, 11) is 0. The quantitative estimate of drug-likeness (QED) is 0.601. The Bertz CT molecular complexity index is 353. The average Bonchev–Trinajstić information content (AvgIpc) is 2.09. The van der Waals surface area contributed by atoms with Gasteiger partial charge in [0, 0.05) is 10.5 Å². The summed E-state index contributed by atoms with van der Waals surface area (Å²) in [6, 6.07) is 3.84. The molecule has 84 valence electrons. The number of benzene rings is 1. The highest BCUT2D eigenvalue weighted by atomic mass is 32.2. The van der Waals surface area contributed by atoms with Gasteiger partial charge in [-0.2, -0.15) is 0 Å². The molecule has 1 rings (SSSR count). The van der Waals surface area contributed by atoms with Crippen molar-refractivity contribution >= 4 is 11.8 Å². The van der Waals surface area contributed by atoms with Crippen molar-refractivity contribution in [2.45, 2.75) is 38.0 Å². The lowest BCUT2D eigenvalue weighted by Crippen LogP contribution is -2.12. The third-order valence-electron chi connectivity index (χ3n) is 2.31. The molecule has 0 aliphatic heterocycles. The van der Waals surface area contributed by atoms with E-state index in [0.29, 0.717) is 5.75 Å². The molecule has 0 fully saturated rings. The Morgan fingerprint density at radius 1 is 1.27 bits per heavy atom. The number of aryl methyl sites for hydroxylation is 1. The molecule has 2 N–H and O–H groups in total. The van der Waals surface area contributed by atoms with E-state index in [0.717, 1.165) is 16.0 Å². The standard InChI is InChI=1S/C12H18O2S/c1-8-5-9(15-7-13)6-10(11(8)14)12(2,3)4/h5-6,13-14H,7H2,1-4H3. The molecule has 0 atom stereocenters. The number of aliphatic hydroxyl groups is 1. The number of phenols is 1. The molecule has 0 radical (unpaired) electrons. The molecule has 0 saturated heterocycles. The Balaban J connectivity index is 3.25. The molecule has 0 heterocycles. The van der Waals surface area contributed by atoms with Gasteiger partial charge in [0.2, 0.25) is 0 Å². The van der Waals surface area contributed by atoms with Crippen molar-refractivity contribution in [3.8, 4) is 5.75 Å². The second-order valence-electron chi connectivity index (χ2n) is 4.66. The van der Waals surface area contributed by atoms with Gasteiger partial charge in [0.1, 0.15) is 5.75 Å². The highest BCUT2D eigenvalue weighted by Crippen LogP contribution is 2.36. The fraction of sp³-hybridized carbons (Fsp3) is 0.500. The molecular formula is C12H18O2S. The maximum Gasteiger partial charge on any atom is 0.122 e.